The van der Waals surface area contributed by atoms with Crippen molar-refractivity contribution in [3.63, 3.8) is 0 Å². The van der Waals surface area contributed by atoms with Gasteiger partial charge in [-0.3, -0.25) is 0 Å². The van der Waals surface area contributed by atoms with Gasteiger partial charge in [0.15, 0.2) is 0 Å². The van der Waals surface area contributed by atoms with Crippen LogP contribution in [0.5, 0.6) is 0 Å². The van der Waals surface area contributed by atoms with Crippen molar-refractivity contribution in [2.24, 2.45) is 5.92 Å². The third kappa shape index (κ3) is 3.67. The summed E-state index contributed by atoms with van der Waals surface area (Å²) in [5.74, 6) is 2.44. The van der Waals surface area contributed by atoms with Gasteiger partial charge in [-0.1, -0.05) is 26.7 Å². The van der Waals surface area contributed by atoms with Crippen LogP contribution in [-0.2, 0) is 0 Å². The molecule has 2 heteroatoms. The average Bonchev–Trinajstić information content (AvgIpc) is 3.04. The van der Waals surface area contributed by atoms with E-state index in [-0.39, 0.29) is 0 Å². The molecular weight excluding hydrogens is 202 g/mol. The van der Waals surface area contributed by atoms with Crippen LogP contribution in [0.25, 0.3) is 0 Å². The molecular formula is C13H25NS. The zero-order valence-electron chi connectivity index (χ0n) is 10.2. The molecule has 0 aromatic rings. The molecule has 0 amide bonds. The monoisotopic (exact) mass is 227 g/mol. The summed E-state index contributed by atoms with van der Waals surface area (Å²) in [4.78, 5) is 0. The van der Waals surface area contributed by atoms with Gasteiger partial charge in [0.1, 0.15) is 0 Å². The summed E-state index contributed by atoms with van der Waals surface area (Å²) in [5, 5.41) is 4.73. The molecule has 0 bridgehead atoms. The Hall–Kier alpha value is 0.310. The molecule has 1 saturated heterocycles. The van der Waals surface area contributed by atoms with Gasteiger partial charge >= 0.3 is 0 Å². The van der Waals surface area contributed by atoms with Crippen LogP contribution in [0.4, 0.5) is 0 Å². The molecule has 15 heavy (non-hydrogen) atoms. The lowest BCUT2D eigenvalue weighted by Gasteiger charge is -2.32. The molecule has 1 aliphatic heterocycles. The van der Waals surface area contributed by atoms with Crippen LogP contribution in [0.15, 0.2) is 0 Å². The predicted octanol–water partition coefficient (Wildman–Crippen LogP) is 3.44. The molecule has 3 atom stereocenters. The van der Waals surface area contributed by atoms with Crippen molar-refractivity contribution in [2.45, 2.75) is 69.7 Å². The third-order valence-corrected chi connectivity index (χ3v) is 5.24. The maximum absolute atomic E-state index is 3.91. The number of hydrogen-bond donors (Lipinski definition) is 1. The second-order valence-corrected chi connectivity index (χ2v) is 6.76. The van der Waals surface area contributed by atoms with Crippen LogP contribution in [0.3, 0.4) is 0 Å². The normalized spacial score (nSPS) is 34.0. The summed E-state index contributed by atoms with van der Waals surface area (Å²) in [7, 11) is 0. The third-order valence-electron chi connectivity index (χ3n) is 3.86. The minimum absolute atomic E-state index is 0.785. The standard InChI is InChI=1S/C13H25NS/c1-3-12(9-11-6-7-11)14-13-5-4-8-15-10(13)2/h10-14H,3-9H2,1-2H3. The summed E-state index contributed by atoms with van der Waals surface area (Å²) in [6, 6.07) is 1.58. The maximum atomic E-state index is 3.91. The van der Waals surface area contributed by atoms with Gasteiger partial charge in [-0.05, 0) is 37.4 Å². The first-order chi connectivity index (χ1) is 7.29. The van der Waals surface area contributed by atoms with E-state index in [0.717, 1.165) is 23.3 Å². The van der Waals surface area contributed by atoms with Crippen LogP contribution in [0.2, 0.25) is 0 Å². The zero-order chi connectivity index (χ0) is 10.7. The molecule has 88 valence electrons. The first-order valence-corrected chi connectivity index (χ1v) is 7.72. The molecule has 2 aliphatic rings. The zero-order valence-corrected chi connectivity index (χ0v) is 11.0. The Kier molecular flexibility index (Phi) is 4.39. The maximum Gasteiger partial charge on any atom is 0.0186 e. The molecule has 0 aromatic carbocycles. The quantitative estimate of drug-likeness (QED) is 0.772. The van der Waals surface area contributed by atoms with Crippen LogP contribution >= 0.6 is 11.8 Å². The summed E-state index contributed by atoms with van der Waals surface area (Å²) in [5.41, 5.74) is 0. The van der Waals surface area contributed by atoms with Gasteiger partial charge in [0, 0.05) is 17.3 Å². The number of rotatable bonds is 5. The summed E-state index contributed by atoms with van der Waals surface area (Å²) >= 11 is 2.15. The van der Waals surface area contributed by atoms with E-state index < -0.39 is 0 Å². The Labute approximate surface area is 98.8 Å². The van der Waals surface area contributed by atoms with Gasteiger partial charge in [0.2, 0.25) is 0 Å². The molecule has 2 rings (SSSR count). The van der Waals surface area contributed by atoms with E-state index in [1.165, 1.54) is 44.3 Å². The van der Waals surface area contributed by atoms with Crippen molar-refractivity contribution in [1.82, 2.24) is 5.32 Å². The lowest BCUT2D eigenvalue weighted by atomic mass is 10.0. The van der Waals surface area contributed by atoms with Crippen molar-refractivity contribution >= 4 is 11.8 Å². The van der Waals surface area contributed by atoms with Crippen molar-refractivity contribution < 1.29 is 0 Å². The average molecular weight is 227 g/mol. The lowest BCUT2D eigenvalue weighted by Crippen LogP contribution is -2.45. The second-order valence-electron chi connectivity index (χ2n) is 5.28. The molecule has 0 spiro atoms. The Balaban J connectivity index is 1.75. The van der Waals surface area contributed by atoms with Crippen LogP contribution < -0.4 is 5.32 Å². The van der Waals surface area contributed by atoms with Crippen molar-refractivity contribution in [3.05, 3.63) is 0 Å². The fraction of sp³-hybridized carbons (Fsp3) is 1.00. The number of nitrogens with one attached hydrogen (secondary N) is 1. The SMILES string of the molecule is CCC(CC1CC1)NC1CCCSC1C. The van der Waals surface area contributed by atoms with Crippen LogP contribution in [0.1, 0.15) is 52.4 Å². The number of hydrogen-bond acceptors (Lipinski definition) is 2. The highest BCUT2D eigenvalue weighted by Gasteiger charge is 2.28. The highest BCUT2D eigenvalue weighted by Crippen LogP contribution is 2.34. The minimum Gasteiger partial charge on any atom is -0.310 e. The minimum atomic E-state index is 0.785. The smallest absolute Gasteiger partial charge is 0.0186 e. The molecule has 1 aliphatic carbocycles. The Morgan fingerprint density at radius 3 is 2.73 bits per heavy atom. The van der Waals surface area contributed by atoms with Gasteiger partial charge in [-0.25, -0.2) is 0 Å². The highest BCUT2D eigenvalue weighted by molar-refractivity contribution is 7.99. The molecule has 3 unspecified atom stereocenters. The van der Waals surface area contributed by atoms with E-state index in [1.807, 2.05) is 0 Å². The molecule has 0 radical (unpaired) electrons. The van der Waals surface area contributed by atoms with Gasteiger partial charge in [-0.2, -0.15) is 11.8 Å². The first-order valence-electron chi connectivity index (χ1n) is 6.67. The molecule has 1 saturated carbocycles. The summed E-state index contributed by atoms with van der Waals surface area (Å²) in [6.07, 6.45) is 8.54. The van der Waals surface area contributed by atoms with E-state index in [0.29, 0.717) is 0 Å². The molecule has 1 nitrogen and oxygen atoms in total. The largest absolute Gasteiger partial charge is 0.310 e. The molecule has 0 aromatic heterocycles. The van der Waals surface area contributed by atoms with Crippen molar-refractivity contribution in [3.8, 4) is 0 Å². The molecule has 2 fully saturated rings. The fourth-order valence-electron chi connectivity index (χ4n) is 2.55. The highest BCUT2D eigenvalue weighted by atomic mass is 32.2. The predicted molar refractivity (Wildman–Crippen MR) is 69.5 cm³/mol. The van der Waals surface area contributed by atoms with Gasteiger partial charge in [-0.15, -0.1) is 0 Å². The van der Waals surface area contributed by atoms with E-state index in [2.05, 4.69) is 30.9 Å². The first kappa shape index (κ1) is 11.8. The molecule has 1 heterocycles. The Bertz CT molecular complexity index is 191. The van der Waals surface area contributed by atoms with Crippen molar-refractivity contribution in [1.29, 1.82) is 0 Å². The van der Waals surface area contributed by atoms with Crippen LogP contribution in [0, 0.1) is 5.92 Å². The van der Waals surface area contributed by atoms with Gasteiger partial charge in [0.25, 0.3) is 0 Å². The summed E-state index contributed by atoms with van der Waals surface area (Å²) in [6.45, 7) is 4.73. The molecule has 1 N–H and O–H groups in total. The Morgan fingerprint density at radius 1 is 1.33 bits per heavy atom. The van der Waals surface area contributed by atoms with Crippen molar-refractivity contribution in [2.75, 3.05) is 5.75 Å². The Morgan fingerprint density at radius 2 is 2.13 bits per heavy atom. The fourth-order valence-corrected chi connectivity index (χ4v) is 3.71. The summed E-state index contributed by atoms with van der Waals surface area (Å²) < 4.78 is 0. The van der Waals surface area contributed by atoms with E-state index >= 15 is 0 Å². The van der Waals surface area contributed by atoms with Gasteiger partial charge in [0.05, 0.1) is 0 Å². The number of thioether (sulfide) groups is 1. The van der Waals surface area contributed by atoms with E-state index in [4.69, 9.17) is 0 Å². The van der Waals surface area contributed by atoms with Gasteiger partial charge < -0.3 is 5.32 Å². The van der Waals surface area contributed by atoms with E-state index in [1.54, 1.807) is 0 Å². The topological polar surface area (TPSA) is 12.0 Å². The van der Waals surface area contributed by atoms with Crippen LogP contribution in [-0.4, -0.2) is 23.1 Å². The second kappa shape index (κ2) is 5.58. The lowest BCUT2D eigenvalue weighted by molar-refractivity contribution is 0.363. The van der Waals surface area contributed by atoms with E-state index in [9.17, 15) is 0 Å².